The zero-order chi connectivity index (χ0) is 21.3. The highest BCUT2D eigenvalue weighted by Gasteiger charge is 2.49. The summed E-state index contributed by atoms with van der Waals surface area (Å²) in [5, 5.41) is 0.988. The molecule has 1 unspecified atom stereocenters. The Morgan fingerprint density at radius 2 is 1.83 bits per heavy atom. The molecule has 1 amide bonds. The van der Waals surface area contributed by atoms with Crippen molar-refractivity contribution in [2.75, 3.05) is 0 Å². The van der Waals surface area contributed by atoms with Gasteiger partial charge in [0.05, 0.1) is 11.5 Å². The summed E-state index contributed by atoms with van der Waals surface area (Å²) in [5.41, 5.74) is 1.16. The normalized spacial score (nSPS) is 24.8. The average molecular weight is 434 g/mol. The first kappa shape index (κ1) is 21.9. The molecule has 5 heteroatoms. The second kappa shape index (κ2) is 8.49. The molecule has 0 spiro atoms. The van der Waals surface area contributed by atoms with Crippen molar-refractivity contribution >= 4 is 29.1 Å². The molecular weight excluding hydrogens is 408 g/mol. The van der Waals surface area contributed by atoms with E-state index in [1.54, 1.807) is 12.1 Å². The summed E-state index contributed by atoms with van der Waals surface area (Å²) < 4.78 is 14.2. The molecule has 1 saturated heterocycles. The number of allylic oxidation sites excluding steroid dienone is 1. The molecular formula is C24H26Cl2FNO. The molecule has 3 atom stereocenters. The van der Waals surface area contributed by atoms with E-state index in [9.17, 15) is 9.18 Å². The minimum atomic E-state index is -0.613. The Hall–Kier alpha value is -1.84. The van der Waals surface area contributed by atoms with E-state index in [0.717, 1.165) is 11.1 Å². The van der Waals surface area contributed by atoms with E-state index in [-0.39, 0.29) is 29.7 Å². The van der Waals surface area contributed by atoms with Crippen LogP contribution in [0.2, 0.25) is 10.0 Å². The lowest BCUT2D eigenvalue weighted by Gasteiger charge is -2.51. The maximum atomic E-state index is 14.2. The molecule has 0 radical (unpaired) electrons. The van der Waals surface area contributed by atoms with E-state index in [1.165, 1.54) is 12.1 Å². The third-order valence-corrected chi connectivity index (χ3v) is 6.25. The van der Waals surface area contributed by atoms with Crippen molar-refractivity contribution < 1.29 is 9.18 Å². The van der Waals surface area contributed by atoms with Gasteiger partial charge in [-0.1, -0.05) is 48.3 Å². The highest BCUT2D eigenvalue weighted by atomic mass is 35.5. The van der Waals surface area contributed by atoms with Crippen molar-refractivity contribution in [2.45, 2.75) is 51.6 Å². The van der Waals surface area contributed by atoms with Gasteiger partial charge in [-0.3, -0.25) is 4.79 Å². The summed E-state index contributed by atoms with van der Waals surface area (Å²) in [6.07, 6.45) is 2.92. The van der Waals surface area contributed by atoms with E-state index >= 15 is 0 Å². The third-order valence-electron chi connectivity index (χ3n) is 5.78. The monoisotopic (exact) mass is 433 g/mol. The molecule has 2 aromatic rings. The molecule has 1 heterocycles. The first-order valence-electron chi connectivity index (χ1n) is 9.81. The fraction of sp³-hybridized carbons (Fsp3) is 0.375. The number of carbonyl (C=O) groups excluding carboxylic acids is 1. The van der Waals surface area contributed by atoms with Gasteiger partial charge in [-0.25, -0.2) is 4.39 Å². The maximum Gasteiger partial charge on any atom is 0.229 e. The summed E-state index contributed by atoms with van der Waals surface area (Å²) in [4.78, 5) is 15.5. The van der Waals surface area contributed by atoms with Gasteiger partial charge in [-0.15, -0.1) is 6.58 Å². The van der Waals surface area contributed by atoms with Gasteiger partial charge in [0.2, 0.25) is 5.91 Å². The lowest BCUT2D eigenvalue weighted by Crippen LogP contribution is -2.54. The average Bonchev–Trinajstić information content (AvgIpc) is 2.63. The second-order valence-corrected chi connectivity index (χ2v) is 9.24. The number of nitrogens with zero attached hydrogens (tertiary/aromatic N) is 1. The van der Waals surface area contributed by atoms with E-state index in [0.29, 0.717) is 22.9 Å². The first-order chi connectivity index (χ1) is 13.7. The van der Waals surface area contributed by atoms with Gasteiger partial charge in [0, 0.05) is 22.0 Å². The first-order valence-corrected chi connectivity index (χ1v) is 10.6. The largest absolute Gasteiger partial charge is 0.332 e. The molecule has 29 heavy (non-hydrogen) atoms. The van der Waals surface area contributed by atoms with E-state index < -0.39 is 5.41 Å². The van der Waals surface area contributed by atoms with Crippen LogP contribution in [0.5, 0.6) is 0 Å². The molecule has 0 N–H and O–H groups in total. The number of hydrogen-bond acceptors (Lipinski definition) is 1. The quantitative estimate of drug-likeness (QED) is 0.457. The van der Waals surface area contributed by atoms with Gasteiger partial charge in [-0.05, 0) is 68.1 Å². The van der Waals surface area contributed by atoms with Crippen molar-refractivity contribution in [3.05, 3.63) is 82.1 Å². The Morgan fingerprint density at radius 3 is 2.38 bits per heavy atom. The molecule has 1 fully saturated rings. The summed E-state index contributed by atoms with van der Waals surface area (Å²) in [6.45, 7) is 9.84. The van der Waals surface area contributed by atoms with E-state index in [1.807, 2.05) is 49.9 Å². The molecule has 0 saturated carbocycles. The van der Waals surface area contributed by atoms with Gasteiger partial charge in [0.25, 0.3) is 0 Å². The number of hydrogen-bond donors (Lipinski definition) is 0. The lowest BCUT2D eigenvalue weighted by molar-refractivity contribution is -0.153. The number of rotatable bonds is 5. The number of likely N-dealkylation sites (tertiary alicyclic amines) is 1. The molecule has 0 aliphatic carbocycles. The molecule has 0 aromatic heterocycles. The second-order valence-electron chi connectivity index (χ2n) is 8.37. The number of halogens is 3. The lowest BCUT2D eigenvalue weighted by atomic mass is 9.67. The zero-order valence-corrected chi connectivity index (χ0v) is 18.5. The highest BCUT2D eigenvalue weighted by Crippen LogP contribution is 2.52. The summed E-state index contributed by atoms with van der Waals surface area (Å²) >= 11 is 12.3. The Morgan fingerprint density at radius 1 is 1.17 bits per heavy atom. The Kier molecular flexibility index (Phi) is 6.40. The third kappa shape index (κ3) is 4.36. The molecule has 3 rings (SSSR count). The SMILES string of the molecule is C=CCC1(C)C[C@H](c2cc(F)cc(Cl)c2)[C@@H](c2ccc(Cl)cc2)N(C(C)C)C1=O. The highest BCUT2D eigenvalue weighted by molar-refractivity contribution is 6.30. The van der Waals surface area contributed by atoms with Gasteiger partial charge >= 0.3 is 0 Å². The standard InChI is InChI=1S/C24H26Cl2FNO/c1-5-10-24(4)14-21(17-11-19(26)13-20(27)12-17)22(28(15(2)3)23(24)29)16-6-8-18(25)9-7-16/h5-9,11-13,15,21-22H,1,10,14H2,2-4H3/t21-,22-,24?/m1/s1. The molecule has 1 aliphatic heterocycles. The summed E-state index contributed by atoms with van der Waals surface area (Å²) in [5.74, 6) is -0.402. The van der Waals surface area contributed by atoms with Crippen LogP contribution in [0.25, 0.3) is 0 Å². The van der Waals surface area contributed by atoms with Crippen LogP contribution in [0.4, 0.5) is 4.39 Å². The zero-order valence-electron chi connectivity index (χ0n) is 17.0. The predicted molar refractivity (Wildman–Crippen MR) is 118 cm³/mol. The molecule has 0 bridgehead atoms. The van der Waals surface area contributed by atoms with E-state index in [2.05, 4.69) is 6.58 Å². The molecule has 2 aromatic carbocycles. The molecule has 2 nitrogen and oxygen atoms in total. The predicted octanol–water partition coefficient (Wildman–Crippen LogP) is 7.18. The maximum absolute atomic E-state index is 14.2. The van der Waals surface area contributed by atoms with Crippen LogP contribution in [0, 0.1) is 11.2 Å². The van der Waals surface area contributed by atoms with Crippen molar-refractivity contribution in [3.8, 4) is 0 Å². The van der Waals surface area contributed by atoms with Crippen molar-refractivity contribution in [1.29, 1.82) is 0 Å². The Labute approximate surface area is 182 Å². The minimum absolute atomic E-state index is 0.0286. The van der Waals surface area contributed by atoms with Crippen LogP contribution >= 0.6 is 23.2 Å². The molecule has 1 aliphatic rings. The fourth-order valence-corrected chi connectivity index (χ4v) is 4.86. The number of amides is 1. The van der Waals surface area contributed by atoms with Crippen LogP contribution in [-0.2, 0) is 4.79 Å². The number of carbonyl (C=O) groups is 1. The van der Waals surface area contributed by atoms with Crippen LogP contribution in [-0.4, -0.2) is 16.8 Å². The van der Waals surface area contributed by atoms with Crippen LogP contribution in [0.1, 0.15) is 56.7 Å². The smallest absolute Gasteiger partial charge is 0.229 e. The van der Waals surface area contributed by atoms with Gasteiger partial charge in [0.1, 0.15) is 5.82 Å². The van der Waals surface area contributed by atoms with Crippen LogP contribution in [0.3, 0.4) is 0 Å². The van der Waals surface area contributed by atoms with Crippen molar-refractivity contribution in [3.63, 3.8) is 0 Å². The van der Waals surface area contributed by atoms with Crippen molar-refractivity contribution in [2.24, 2.45) is 5.41 Å². The number of piperidine rings is 1. The Balaban J connectivity index is 2.21. The van der Waals surface area contributed by atoms with Crippen LogP contribution < -0.4 is 0 Å². The summed E-state index contributed by atoms with van der Waals surface area (Å²) in [6, 6.07) is 11.9. The number of benzene rings is 2. The van der Waals surface area contributed by atoms with Crippen LogP contribution in [0.15, 0.2) is 55.1 Å². The molecule has 154 valence electrons. The van der Waals surface area contributed by atoms with Gasteiger partial charge in [-0.2, -0.15) is 0 Å². The topological polar surface area (TPSA) is 20.3 Å². The van der Waals surface area contributed by atoms with Crippen molar-refractivity contribution in [1.82, 2.24) is 4.90 Å². The van der Waals surface area contributed by atoms with Gasteiger partial charge < -0.3 is 4.90 Å². The minimum Gasteiger partial charge on any atom is -0.332 e. The Bertz CT molecular complexity index is 891. The van der Waals surface area contributed by atoms with Gasteiger partial charge in [0.15, 0.2) is 0 Å². The summed E-state index contributed by atoms with van der Waals surface area (Å²) in [7, 11) is 0. The fourth-order valence-electron chi connectivity index (χ4n) is 4.50. The van der Waals surface area contributed by atoms with E-state index in [4.69, 9.17) is 23.2 Å².